The first-order valence-corrected chi connectivity index (χ1v) is 8.01. The van der Waals surface area contributed by atoms with E-state index in [1.54, 1.807) is 0 Å². The third-order valence-corrected chi connectivity index (χ3v) is 4.33. The molecule has 0 amide bonds. The van der Waals surface area contributed by atoms with Crippen molar-refractivity contribution >= 4 is 11.3 Å². The normalized spacial score (nSPS) is 13.2. The van der Waals surface area contributed by atoms with E-state index in [0.717, 1.165) is 32.0 Å². The van der Waals surface area contributed by atoms with E-state index in [9.17, 15) is 0 Å². The van der Waals surface area contributed by atoms with Gasteiger partial charge in [0.2, 0.25) is 0 Å². The molecule has 2 nitrogen and oxygen atoms in total. The minimum Gasteiger partial charge on any atom is -0.330 e. The van der Waals surface area contributed by atoms with E-state index in [1.807, 2.05) is 11.3 Å². The molecule has 1 rings (SSSR count). The average molecular weight is 268 g/mol. The maximum Gasteiger partial charge on any atom is 0.0302 e. The van der Waals surface area contributed by atoms with Gasteiger partial charge in [0.05, 0.1) is 0 Å². The Labute approximate surface area is 116 Å². The van der Waals surface area contributed by atoms with Gasteiger partial charge < -0.3 is 11.1 Å². The van der Waals surface area contributed by atoms with E-state index in [-0.39, 0.29) is 0 Å². The first kappa shape index (κ1) is 15.7. The second kappa shape index (κ2) is 8.68. The lowest BCUT2D eigenvalue weighted by molar-refractivity contribution is 0.386. The highest BCUT2D eigenvalue weighted by Gasteiger charge is 2.09. The number of thiophene rings is 1. The summed E-state index contributed by atoms with van der Waals surface area (Å²) in [6.07, 6.45) is 3.58. The van der Waals surface area contributed by atoms with Gasteiger partial charge in [0.1, 0.15) is 0 Å². The minimum atomic E-state index is 0.673. The molecule has 3 N–H and O–H groups in total. The molecule has 0 bridgehead atoms. The summed E-state index contributed by atoms with van der Waals surface area (Å²) in [6.45, 7) is 9.68. The SMILES string of the molecule is CCc1ccsc1CNCCC(CN)CC(C)C. The van der Waals surface area contributed by atoms with Gasteiger partial charge in [-0.3, -0.25) is 0 Å². The lowest BCUT2D eigenvalue weighted by Gasteiger charge is -2.17. The molecule has 104 valence electrons. The molecule has 0 saturated carbocycles. The summed E-state index contributed by atoms with van der Waals surface area (Å²) >= 11 is 1.86. The fraction of sp³-hybridized carbons (Fsp3) is 0.733. The maximum absolute atomic E-state index is 5.82. The Balaban J connectivity index is 2.21. The zero-order valence-corrected chi connectivity index (χ0v) is 12.9. The molecule has 0 aliphatic carbocycles. The van der Waals surface area contributed by atoms with Crippen LogP contribution in [0.25, 0.3) is 0 Å². The van der Waals surface area contributed by atoms with Crippen LogP contribution in [0.2, 0.25) is 0 Å². The second-order valence-corrected chi connectivity index (χ2v) is 6.42. The molecule has 0 radical (unpaired) electrons. The fourth-order valence-electron chi connectivity index (χ4n) is 2.34. The number of rotatable bonds is 9. The highest BCUT2D eigenvalue weighted by molar-refractivity contribution is 7.10. The molecule has 0 saturated heterocycles. The van der Waals surface area contributed by atoms with Crippen LogP contribution in [0, 0.1) is 11.8 Å². The van der Waals surface area contributed by atoms with Crippen LogP contribution in [-0.2, 0) is 13.0 Å². The molecule has 1 unspecified atom stereocenters. The number of hydrogen-bond donors (Lipinski definition) is 2. The molecule has 0 spiro atoms. The summed E-state index contributed by atoms with van der Waals surface area (Å²) in [7, 11) is 0. The molecule has 0 aliphatic heterocycles. The summed E-state index contributed by atoms with van der Waals surface area (Å²) < 4.78 is 0. The minimum absolute atomic E-state index is 0.673. The molecule has 0 fully saturated rings. The molecule has 0 aromatic carbocycles. The number of hydrogen-bond acceptors (Lipinski definition) is 3. The van der Waals surface area contributed by atoms with Gasteiger partial charge in [-0.1, -0.05) is 20.8 Å². The zero-order chi connectivity index (χ0) is 13.4. The van der Waals surface area contributed by atoms with Crippen molar-refractivity contribution in [2.24, 2.45) is 17.6 Å². The Morgan fingerprint density at radius 3 is 2.78 bits per heavy atom. The molecule has 3 heteroatoms. The Morgan fingerprint density at radius 2 is 2.17 bits per heavy atom. The molecular weight excluding hydrogens is 240 g/mol. The third-order valence-electron chi connectivity index (χ3n) is 3.37. The van der Waals surface area contributed by atoms with Gasteiger partial charge in [-0.15, -0.1) is 11.3 Å². The van der Waals surface area contributed by atoms with Crippen LogP contribution in [0.1, 0.15) is 44.1 Å². The number of nitrogens with two attached hydrogens (primary N) is 1. The summed E-state index contributed by atoms with van der Waals surface area (Å²) in [4.78, 5) is 1.49. The zero-order valence-electron chi connectivity index (χ0n) is 12.0. The highest BCUT2D eigenvalue weighted by atomic mass is 32.1. The molecule has 18 heavy (non-hydrogen) atoms. The van der Waals surface area contributed by atoms with Crippen molar-refractivity contribution in [3.63, 3.8) is 0 Å². The van der Waals surface area contributed by atoms with Crippen molar-refractivity contribution in [1.82, 2.24) is 5.32 Å². The summed E-state index contributed by atoms with van der Waals surface area (Å²) in [5.41, 5.74) is 7.31. The molecule has 1 aromatic heterocycles. The molecule has 0 aliphatic rings. The Morgan fingerprint density at radius 1 is 1.39 bits per heavy atom. The van der Waals surface area contributed by atoms with Crippen molar-refractivity contribution < 1.29 is 0 Å². The lowest BCUT2D eigenvalue weighted by atomic mass is 9.94. The van der Waals surface area contributed by atoms with Crippen LogP contribution >= 0.6 is 11.3 Å². The van der Waals surface area contributed by atoms with Crippen LogP contribution in [0.4, 0.5) is 0 Å². The van der Waals surface area contributed by atoms with Crippen LogP contribution < -0.4 is 11.1 Å². The largest absolute Gasteiger partial charge is 0.330 e. The van der Waals surface area contributed by atoms with Crippen molar-refractivity contribution in [3.05, 3.63) is 21.9 Å². The van der Waals surface area contributed by atoms with Gasteiger partial charge in [0.25, 0.3) is 0 Å². The van der Waals surface area contributed by atoms with Gasteiger partial charge in [-0.2, -0.15) is 0 Å². The predicted molar refractivity (Wildman–Crippen MR) is 82.0 cm³/mol. The van der Waals surface area contributed by atoms with E-state index in [4.69, 9.17) is 5.73 Å². The van der Waals surface area contributed by atoms with E-state index >= 15 is 0 Å². The first-order valence-electron chi connectivity index (χ1n) is 7.13. The quantitative estimate of drug-likeness (QED) is 0.674. The molecule has 1 aromatic rings. The Hall–Kier alpha value is -0.380. The van der Waals surface area contributed by atoms with Crippen molar-refractivity contribution in [2.75, 3.05) is 13.1 Å². The lowest BCUT2D eigenvalue weighted by Crippen LogP contribution is -2.23. The summed E-state index contributed by atoms with van der Waals surface area (Å²) in [5.74, 6) is 1.43. The monoisotopic (exact) mass is 268 g/mol. The number of nitrogens with one attached hydrogen (secondary N) is 1. The van der Waals surface area contributed by atoms with Gasteiger partial charge in [-0.05, 0) is 61.2 Å². The molecular formula is C15H28N2S. The smallest absolute Gasteiger partial charge is 0.0302 e. The van der Waals surface area contributed by atoms with Crippen LogP contribution in [0.15, 0.2) is 11.4 Å². The van der Waals surface area contributed by atoms with Gasteiger partial charge in [0, 0.05) is 11.4 Å². The van der Waals surface area contributed by atoms with E-state index in [1.165, 1.54) is 23.3 Å². The first-order chi connectivity index (χ1) is 8.67. The van der Waals surface area contributed by atoms with Crippen LogP contribution in [-0.4, -0.2) is 13.1 Å². The highest BCUT2D eigenvalue weighted by Crippen LogP contribution is 2.17. The van der Waals surface area contributed by atoms with E-state index in [2.05, 4.69) is 37.5 Å². The topological polar surface area (TPSA) is 38.0 Å². The van der Waals surface area contributed by atoms with Gasteiger partial charge in [-0.25, -0.2) is 0 Å². The number of aryl methyl sites for hydroxylation is 1. The van der Waals surface area contributed by atoms with Crippen LogP contribution in [0.3, 0.4) is 0 Å². The van der Waals surface area contributed by atoms with Gasteiger partial charge in [0.15, 0.2) is 0 Å². The maximum atomic E-state index is 5.82. The molecule has 1 atom stereocenters. The second-order valence-electron chi connectivity index (χ2n) is 5.42. The van der Waals surface area contributed by atoms with Crippen molar-refractivity contribution in [2.45, 2.75) is 46.6 Å². The summed E-state index contributed by atoms with van der Waals surface area (Å²) in [5, 5.41) is 5.75. The fourth-order valence-corrected chi connectivity index (χ4v) is 3.29. The standard InChI is InChI=1S/C15H28N2S/c1-4-14-6-8-18-15(14)11-17-7-5-13(10-16)9-12(2)3/h6,8,12-13,17H,4-5,7,9-11,16H2,1-3H3. The Kier molecular flexibility index (Phi) is 7.56. The predicted octanol–water partition coefficient (Wildman–Crippen LogP) is 3.41. The van der Waals surface area contributed by atoms with E-state index in [0.29, 0.717) is 5.92 Å². The van der Waals surface area contributed by atoms with Crippen LogP contribution in [0.5, 0.6) is 0 Å². The average Bonchev–Trinajstić information content (AvgIpc) is 2.79. The van der Waals surface area contributed by atoms with Gasteiger partial charge >= 0.3 is 0 Å². The summed E-state index contributed by atoms with van der Waals surface area (Å²) in [6, 6.07) is 2.24. The Bertz CT molecular complexity index is 320. The molecule has 1 heterocycles. The van der Waals surface area contributed by atoms with Crippen molar-refractivity contribution in [3.8, 4) is 0 Å². The third kappa shape index (κ3) is 5.51. The van der Waals surface area contributed by atoms with Crippen molar-refractivity contribution in [1.29, 1.82) is 0 Å². The van der Waals surface area contributed by atoms with E-state index < -0.39 is 0 Å².